The molecule has 1 heterocycles. The Morgan fingerprint density at radius 3 is 1.90 bits per heavy atom. The summed E-state index contributed by atoms with van der Waals surface area (Å²) in [6.07, 6.45) is 1.80. The summed E-state index contributed by atoms with van der Waals surface area (Å²) in [4.78, 5) is 2.49. The summed E-state index contributed by atoms with van der Waals surface area (Å²) < 4.78 is 11.4. The van der Waals surface area contributed by atoms with Crippen LogP contribution in [0.5, 0.6) is 0 Å². The molecular formula is C18H21NOS. The van der Waals surface area contributed by atoms with Gasteiger partial charge in [-0.05, 0) is 17.0 Å². The third-order valence-corrected chi connectivity index (χ3v) is 4.99. The summed E-state index contributed by atoms with van der Waals surface area (Å²) in [7, 11) is -0.688. The van der Waals surface area contributed by atoms with Gasteiger partial charge in [-0.2, -0.15) is 0 Å². The Bertz CT molecular complexity index is 554. The summed E-state index contributed by atoms with van der Waals surface area (Å²) in [6.45, 7) is 2.07. The van der Waals surface area contributed by atoms with Gasteiger partial charge in [0, 0.05) is 35.9 Å². The predicted octanol–water partition coefficient (Wildman–Crippen LogP) is 3.09. The molecule has 0 radical (unpaired) electrons. The Morgan fingerprint density at radius 2 is 1.48 bits per heavy atom. The van der Waals surface area contributed by atoms with Crippen LogP contribution in [0.1, 0.15) is 17.2 Å². The molecule has 3 rings (SSSR count). The molecule has 3 heteroatoms. The zero-order chi connectivity index (χ0) is 14.7. The third-order valence-electron chi connectivity index (χ3n) is 4.05. The summed E-state index contributed by atoms with van der Waals surface area (Å²) >= 11 is 0. The van der Waals surface area contributed by atoms with Gasteiger partial charge < -0.3 is 0 Å². The quantitative estimate of drug-likeness (QED) is 0.845. The maximum atomic E-state index is 11.4. The van der Waals surface area contributed by atoms with Crippen molar-refractivity contribution < 1.29 is 4.21 Å². The molecule has 1 aliphatic rings. The SMILES string of the molecule is CS(=O)CC1CN(C(c2ccccc2)c2ccccc2)C1. The maximum Gasteiger partial charge on any atom is 0.0602 e. The zero-order valence-corrected chi connectivity index (χ0v) is 13.1. The summed E-state index contributed by atoms with van der Waals surface area (Å²) in [5.74, 6) is 1.40. The smallest absolute Gasteiger partial charge is 0.0602 e. The van der Waals surface area contributed by atoms with E-state index in [2.05, 4.69) is 65.6 Å². The van der Waals surface area contributed by atoms with E-state index in [1.807, 2.05) is 0 Å². The van der Waals surface area contributed by atoms with E-state index in [0.29, 0.717) is 12.0 Å². The van der Waals surface area contributed by atoms with Gasteiger partial charge in [0.25, 0.3) is 0 Å². The minimum Gasteiger partial charge on any atom is -0.292 e. The van der Waals surface area contributed by atoms with Crippen LogP contribution in [0.25, 0.3) is 0 Å². The lowest BCUT2D eigenvalue weighted by Crippen LogP contribution is -2.50. The first-order valence-electron chi connectivity index (χ1n) is 7.38. The Labute approximate surface area is 129 Å². The second-order valence-electron chi connectivity index (χ2n) is 5.78. The van der Waals surface area contributed by atoms with E-state index in [4.69, 9.17) is 0 Å². The van der Waals surface area contributed by atoms with Crippen LogP contribution in [0.15, 0.2) is 60.7 Å². The first-order valence-corrected chi connectivity index (χ1v) is 9.10. The Morgan fingerprint density at radius 1 is 1.00 bits per heavy atom. The van der Waals surface area contributed by atoms with E-state index >= 15 is 0 Å². The normalized spacial score (nSPS) is 17.6. The highest BCUT2D eigenvalue weighted by Crippen LogP contribution is 2.34. The number of hydrogen-bond acceptors (Lipinski definition) is 2. The van der Waals surface area contributed by atoms with Gasteiger partial charge in [-0.15, -0.1) is 0 Å². The van der Waals surface area contributed by atoms with E-state index < -0.39 is 10.8 Å². The number of nitrogens with zero attached hydrogens (tertiary/aromatic N) is 1. The highest BCUT2D eigenvalue weighted by Gasteiger charge is 2.34. The monoisotopic (exact) mass is 299 g/mol. The molecule has 0 aromatic heterocycles. The van der Waals surface area contributed by atoms with Crippen LogP contribution >= 0.6 is 0 Å². The first kappa shape index (κ1) is 14.5. The topological polar surface area (TPSA) is 20.3 Å². The highest BCUT2D eigenvalue weighted by atomic mass is 32.2. The lowest BCUT2D eigenvalue weighted by atomic mass is 9.91. The molecule has 1 atom stereocenters. The molecule has 0 N–H and O–H groups in total. The van der Waals surface area contributed by atoms with E-state index in [1.54, 1.807) is 6.26 Å². The summed E-state index contributed by atoms with van der Waals surface area (Å²) in [6, 6.07) is 21.6. The van der Waals surface area contributed by atoms with E-state index in [9.17, 15) is 4.21 Å². The van der Waals surface area contributed by atoms with Gasteiger partial charge in [-0.1, -0.05) is 60.7 Å². The Hall–Kier alpha value is -1.45. The number of rotatable bonds is 5. The minimum absolute atomic E-state index is 0.314. The maximum absolute atomic E-state index is 11.4. The molecule has 1 fully saturated rings. The van der Waals surface area contributed by atoms with Gasteiger partial charge in [0.2, 0.25) is 0 Å². The molecule has 2 nitrogen and oxygen atoms in total. The molecule has 21 heavy (non-hydrogen) atoms. The van der Waals surface area contributed by atoms with Gasteiger partial charge in [0.15, 0.2) is 0 Å². The van der Waals surface area contributed by atoms with Crippen LogP contribution in [0.2, 0.25) is 0 Å². The lowest BCUT2D eigenvalue weighted by molar-refractivity contribution is 0.0818. The van der Waals surface area contributed by atoms with Crippen molar-refractivity contribution in [2.24, 2.45) is 5.92 Å². The van der Waals surface area contributed by atoms with Gasteiger partial charge in [0.05, 0.1) is 6.04 Å². The molecular weight excluding hydrogens is 278 g/mol. The van der Waals surface area contributed by atoms with Crippen molar-refractivity contribution in [3.63, 3.8) is 0 Å². The van der Waals surface area contributed by atoms with Crippen molar-refractivity contribution in [3.05, 3.63) is 71.8 Å². The van der Waals surface area contributed by atoms with Crippen molar-refractivity contribution in [3.8, 4) is 0 Å². The van der Waals surface area contributed by atoms with Crippen molar-refractivity contribution in [2.75, 3.05) is 25.1 Å². The highest BCUT2D eigenvalue weighted by molar-refractivity contribution is 7.84. The molecule has 2 aromatic rings. The molecule has 2 aromatic carbocycles. The largest absolute Gasteiger partial charge is 0.292 e. The second kappa shape index (κ2) is 6.54. The van der Waals surface area contributed by atoms with Crippen LogP contribution in [-0.4, -0.2) is 34.2 Å². The van der Waals surface area contributed by atoms with Crippen molar-refractivity contribution in [1.82, 2.24) is 4.90 Å². The average Bonchev–Trinajstić information content (AvgIpc) is 2.47. The number of hydrogen-bond donors (Lipinski definition) is 0. The van der Waals surface area contributed by atoms with Crippen molar-refractivity contribution >= 4 is 10.8 Å². The fraction of sp³-hybridized carbons (Fsp3) is 0.333. The van der Waals surface area contributed by atoms with Gasteiger partial charge in [-0.3, -0.25) is 9.11 Å². The molecule has 0 bridgehead atoms. The van der Waals surface area contributed by atoms with Gasteiger partial charge in [-0.25, -0.2) is 0 Å². The van der Waals surface area contributed by atoms with Crippen molar-refractivity contribution in [2.45, 2.75) is 6.04 Å². The van der Waals surface area contributed by atoms with E-state index in [0.717, 1.165) is 18.8 Å². The zero-order valence-electron chi connectivity index (χ0n) is 12.3. The molecule has 0 amide bonds. The van der Waals surface area contributed by atoms with Crippen LogP contribution < -0.4 is 0 Å². The fourth-order valence-corrected chi connectivity index (χ4v) is 4.02. The summed E-state index contributed by atoms with van der Waals surface area (Å²) in [5.41, 5.74) is 2.67. The molecule has 1 aliphatic heterocycles. The standard InChI is InChI=1S/C18H21NOS/c1-21(20)14-15-12-19(13-15)18(16-8-4-2-5-9-16)17-10-6-3-7-11-17/h2-11,15,18H,12-14H2,1H3. The predicted molar refractivity (Wildman–Crippen MR) is 88.7 cm³/mol. The van der Waals surface area contributed by atoms with Crippen LogP contribution in [0.4, 0.5) is 0 Å². The third kappa shape index (κ3) is 3.42. The molecule has 0 saturated carbocycles. The number of likely N-dealkylation sites (tertiary alicyclic amines) is 1. The second-order valence-corrected chi connectivity index (χ2v) is 7.26. The number of benzene rings is 2. The van der Waals surface area contributed by atoms with Crippen LogP contribution in [0.3, 0.4) is 0 Å². The molecule has 1 unspecified atom stereocenters. The minimum atomic E-state index is -0.688. The van der Waals surface area contributed by atoms with E-state index in [1.165, 1.54) is 11.1 Å². The van der Waals surface area contributed by atoms with E-state index in [-0.39, 0.29) is 0 Å². The Kier molecular flexibility index (Phi) is 4.51. The fourth-order valence-electron chi connectivity index (χ4n) is 3.14. The van der Waals surface area contributed by atoms with Crippen LogP contribution in [0, 0.1) is 5.92 Å². The first-order chi connectivity index (χ1) is 10.2. The lowest BCUT2D eigenvalue weighted by Gasteiger charge is -2.44. The van der Waals surface area contributed by atoms with Gasteiger partial charge in [0.1, 0.15) is 0 Å². The molecule has 0 spiro atoms. The Balaban J connectivity index is 1.80. The summed E-state index contributed by atoms with van der Waals surface area (Å²) in [5, 5.41) is 0. The molecule has 1 saturated heterocycles. The molecule has 0 aliphatic carbocycles. The van der Waals surface area contributed by atoms with Crippen molar-refractivity contribution in [1.29, 1.82) is 0 Å². The van der Waals surface area contributed by atoms with Crippen LogP contribution in [-0.2, 0) is 10.8 Å². The van der Waals surface area contributed by atoms with Gasteiger partial charge >= 0.3 is 0 Å². The average molecular weight is 299 g/mol. The molecule has 110 valence electrons.